The van der Waals surface area contributed by atoms with Gasteiger partial charge < -0.3 is 10.2 Å². The minimum absolute atomic E-state index is 0.126. The lowest BCUT2D eigenvalue weighted by Crippen LogP contribution is -2.36. The second-order valence-electron chi connectivity index (χ2n) is 4.67. The van der Waals surface area contributed by atoms with Crippen molar-refractivity contribution < 1.29 is 19.8 Å². The summed E-state index contributed by atoms with van der Waals surface area (Å²) in [5.41, 5.74) is 0.702. The fourth-order valence-electron chi connectivity index (χ4n) is 2.45. The predicted molar refractivity (Wildman–Crippen MR) is 66.3 cm³/mol. The van der Waals surface area contributed by atoms with Crippen molar-refractivity contribution in [2.45, 2.75) is 38.1 Å². The highest BCUT2D eigenvalue weighted by Gasteiger charge is 2.27. The number of aromatic nitrogens is 1. The molecule has 19 heavy (non-hydrogen) atoms. The largest absolute Gasteiger partial charge is 0.481 e. The van der Waals surface area contributed by atoms with E-state index in [0.29, 0.717) is 24.1 Å². The second kappa shape index (κ2) is 5.26. The molecule has 6 heteroatoms. The van der Waals surface area contributed by atoms with E-state index in [-0.39, 0.29) is 18.4 Å². The summed E-state index contributed by atoms with van der Waals surface area (Å²) in [4.78, 5) is 34.0. The molecule has 102 valence electrons. The average Bonchev–Trinajstić information content (AvgIpc) is 2.37. The Morgan fingerprint density at radius 2 is 2.05 bits per heavy atom. The molecule has 0 aliphatic carbocycles. The van der Waals surface area contributed by atoms with Crippen molar-refractivity contribution >= 4 is 11.9 Å². The van der Waals surface area contributed by atoms with Crippen LogP contribution < -0.4 is 5.56 Å². The molecule has 6 nitrogen and oxygen atoms in total. The highest BCUT2D eigenvalue weighted by molar-refractivity contribution is 5.72. The van der Waals surface area contributed by atoms with Crippen LogP contribution in [0.1, 0.15) is 36.6 Å². The topological polar surface area (TPSA) is 96.6 Å². The van der Waals surface area contributed by atoms with Crippen LogP contribution in [0, 0.1) is 0 Å². The number of rotatable bonds is 4. The van der Waals surface area contributed by atoms with Crippen molar-refractivity contribution in [1.82, 2.24) is 4.57 Å². The zero-order chi connectivity index (χ0) is 14.0. The monoisotopic (exact) mass is 265 g/mol. The molecule has 0 aromatic carbocycles. The Morgan fingerprint density at radius 3 is 2.68 bits per heavy atom. The summed E-state index contributed by atoms with van der Waals surface area (Å²) in [7, 11) is 0. The molecule has 1 atom stereocenters. The number of nitrogens with zero attached hydrogens (tertiary/aromatic N) is 1. The number of aliphatic carboxylic acids is 2. The Morgan fingerprint density at radius 1 is 1.32 bits per heavy atom. The number of hydrogen-bond donors (Lipinski definition) is 2. The van der Waals surface area contributed by atoms with Gasteiger partial charge >= 0.3 is 11.9 Å². The third-order valence-electron chi connectivity index (χ3n) is 3.40. The third-order valence-corrected chi connectivity index (χ3v) is 3.40. The molecule has 2 rings (SSSR count). The maximum Gasteiger partial charge on any atom is 0.326 e. The van der Waals surface area contributed by atoms with Crippen LogP contribution in [0.15, 0.2) is 16.9 Å². The molecule has 0 saturated heterocycles. The van der Waals surface area contributed by atoms with Crippen LogP contribution in [0.3, 0.4) is 0 Å². The van der Waals surface area contributed by atoms with E-state index in [1.54, 1.807) is 12.1 Å². The number of hydrogen-bond acceptors (Lipinski definition) is 3. The van der Waals surface area contributed by atoms with E-state index in [2.05, 4.69) is 0 Å². The first-order chi connectivity index (χ1) is 9.00. The zero-order valence-corrected chi connectivity index (χ0v) is 10.3. The van der Waals surface area contributed by atoms with Gasteiger partial charge in [-0.15, -0.1) is 0 Å². The molecular formula is C13H15NO5. The van der Waals surface area contributed by atoms with E-state index >= 15 is 0 Å². The molecule has 2 heterocycles. The summed E-state index contributed by atoms with van der Waals surface area (Å²) in [6.45, 7) is 0. The van der Waals surface area contributed by atoms with E-state index in [1.807, 2.05) is 0 Å². The molecule has 2 N–H and O–H groups in total. The molecule has 0 saturated carbocycles. The predicted octanol–water partition coefficient (Wildman–Crippen LogP) is 0.827. The van der Waals surface area contributed by atoms with Gasteiger partial charge in [-0.2, -0.15) is 0 Å². The summed E-state index contributed by atoms with van der Waals surface area (Å²) >= 11 is 0. The molecule has 1 aromatic rings. The first kappa shape index (κ1) is 13.3. The van der Waals surface area contributed by atoms with Gasteiger partial charge in [-0.3, -0.25) is 14.2 Å². The molecular weight excluding hydrogens is 250 g/mol. The van der Waals surface area contributed by atoms with Gasteiger partial charge in [0.05, 0.1) is 0 Å². The molecule has 0 fully saturated rings. The molecule has 0 bridgehead atoms. The molecule has 1 aliphatic rings. The van der Waals surface area contributed by atoms with Gasteiger partial charge in [-0.05, 0) is 31.7 Å². The van der Waals surface area contributed by atoms with Gasteiger partial charge in [-0.25, -0.2) is 4.79 Å². The fraction of sp³-hybridized carbons (Fsp3) is 0.462. The molecule has 1 aliphatic heterocycles. The molecule has 0 amide bonds. The Balaban J connectivity index is 2.41. The summed E-state index contributed by atoms with van der Waals surface area (Å²) in [6.07, 6.45) is 1.85. The van der Waals surface area contributed by atoms with Crippen LogP contribution >= 0.6 is 0 Å². The van der Waals surface area contributed by atoms with Gasteiger partial charge in [0, 0.05) is 17.7 Å². The molecule has 0 spiro atoms. The summed E-state index contributed by atoms with van der Waals surface area (Å²) in [5.74, 6) is -1.99. The van der Waals surface area contributed by atoms with Crippen molar-refractivity contribution in [3.05, 3.63) is 33.7 Å². The Hall–Kier alpha value is -2.11. The number of carboxylic acids is 2. The van der Waals surface area contributed by atoms with Crippen LogP contribution in [-0.2, 0) is 22.4 Å². The summed E-state index contributed by atoms with van der Waals surface area (Å²) in [5, 5.41) is 17.8. The van der Waals surface area contributed by atoms with Crippen LogP contribution in [0.25, 0.3) is 0 Å². The normalized spacial score (nSPS) is 17.8. The average molecular weight is 265 g/mol. The van der Waals surface area contributed by atoms with E-state index in [9.17, 15) is 14.4 Å². The highest BCUT2D eigenvalue weighted by atomic mass is 16.4. The Labute approximate surface area is 109 Å². The smallest absolute Gasteiger partial charge is 0.326 e. The van der Waals surface area contributed by atoms with Crippen LogP contribution in [0.2, 0.25) is 0 Å². The number of carboxylic acid groups (broad SMARTS) is 2. The van der Waals surface area contributed by atoms with E-state index in [4.69, 9.17) is 10.2 Å². The van der Waals surface area contributed by atoms with Crippen LogP contribution in [-0.4, -0.2) is 26.7 Å². The summed E-state index contributed by atoms with van der Waals surface area (Å²) < 4.78 is 1.31. The lowest BCUT2D eigenvalue weighted by Gasteiger charge is -2.25. The second-order valence-corrected chi connectivity index (χ2v) is 4.67. The van der Waals surface area contributed by atoms with Gasteiger partial charge in [0.15, 0.2) is 0 Å². The number of carbonyl (C=O) groups is 2. The van der Waals surface area contributed by atoms with Crippen LogP contribution in [0.5, 0.6) is 0 Å². The van der Waals surface area contributed by atoms with Crippen molar-refractivity contribution in [2.24, 2.45) is 0 Å². The van der Waals surface area contributed by atoms with Gasteiger partial charge in [0.25, 0.3) is 5.56 Å². The van der Waals surface area contributed by atoms with Crippen molar-refractivity contribution in [3.8, 4) is 0 Å². The van der Waals surface area contributed by atoms with Gasteiger partial charge in [-0.1, -0.05) is 6.07 Å². The maximum absolute atomic E-state index is 12.2. The lowest BCUT2D eigenvalue weighted by molar-refractivity contribution is -0.141. The number of fused-ring (bicyclic) bond motifs is 1. The Kier molecular flexibility index (Phi) is 3.69. The Bertz CT molecular complexity index is 575. The van der Waals surface area contributed by atoms with E-state index < -0.39 is 18.0 Å². The highest BCUT2D eigenvalue weighted by Crippen LogP contribution is 2.23. The number of pyridine rings is 1. The maximum atomic E-state index is 12.2. The SMILES string of the molecule is O=C(O)CCc1ccc2n(c1=O)C(C(=O)O)CCC2. The first-order valence-corrected chi connectivity index (χ1v) is 6.18. The quantitative estimate of drug-likeness (QED) is 0.840. The van der Waals surface area contributed by atoms with Gasteiger partial charge in [0.2, 0.25) is 0 Å². The molecule has 1 aromatic heterocycles. The number of aryl methyl sites for hydroxylation is 2. The fourth-order valence-corrected chi connectivity index (χ4v) is 2.45. The summed E-state index contributed by atoms with van der Waals surface area (Å²) in [6, 6.07) is 2.51. The molecule has 0 radical (unpaired) electrons. The van der Waals surface area contributed by atoms with E-state index in [1.165, 1.54) is 4.57 Å². The third kappa shape index (κ3) is 2.67. The minimum Gasteiger partial charge on any atom is -0.481 e. The standard InChI is InChI=1S/C13H15NO5/c15-11(16)7-5-8-4-6-9-2-1-3-10(13(18)19)14(9)12(8)17/h4,6,10H,1-3,5,7H2,(H,15,16)(H,18,19). The van der Waals surface area contributed by atoms with Gasteiger partial charge in [0.1, 0.15) is 6.04 Å². The van der Waals surface area contributed by atoms with E-state index in [0.717, 1.165) is 6.42 Å². The first-order valence-electron chi connectivity index (χ1n) is 6.18. The lowest BCUT2D eigenvalue weighted by atomic mass is 9.99. The van der Waals surface area contributed by atoms with Crippen molar-refractivity contribution in [1.29, 1.82) is 0 Å². The van der Waals surface area contributed by atoms with Crippen LogP contribution in [0.4, 0.5) is 0 Å². The minimum atomic E-state index is -1.02. The molecule has 1 unspecified atom stereocenters. The van der Waals surface area contributed by atoms with Crippen molar-refractivity contribution in [3.63, 3.8) is 0 Å². The van der Waals surface area contributed by atoms with Crippen molar-refractivity contribution in [2.75, 3.05) is 0 Å². The zero-order valence-electron chi connectivity index (χ0n) is 10.3.